The van der Waals surface area contributed by atoms with Crippen molar-refractivity contribution in [2.45, 2.75) is 69.2 Å². The Hall–Kier alpha value is -2.01. The summed E-state index contributed by atoms with van der Waals surface area (Å²) in [6, 6.07) is 18.0. The van der Waals surface area contributed by atoms with E-state index in [4.69, 9.17) is 23.7 Å². The Bertz CT molecular complexity index is 907. The Balaban J connectivity index is 1.62. The van der Waals surface area contributed by atoms with Gasteiger partial charge in [0.15, 0.2) is 23.8 Å². The molecule has 0 unspecified atom stereocenters. The van der Waals surface area contributed by atoms with E-state index in [2.05, 4.69) is 0 Å². The molecule has 33 heavy (non-hydrogen) atoms. The normalized spacial score (nSPS) is 29.7. The van der Waals surface area contributed by atoms with E-state index in [1.165, 1.54) is 0 Å². The van der Waals surface area contributed by atoms with E-state index in [9.17, 15) is 18.3 Å². The van der Waals surface area contributed by atoms with Gasteiger partial charge >= 0.3 is 6.18 Å². The monoisotopic (exact) mass is 468 g/mol. The number of alkyl halides is 3. The van der Waals surface area contributed by atoms with Crippen molar-refractivity contribution < 1.29 is 42.0 Å². The van der Waals surface area contributed by atoms with Gasteiger partial charge in [-0.1, -0.05) is 60.7 Å². The molecule has 0 spiro atoms. The second kappa shape index (κ2) is 9.32. The molecule has 5 atom stereocenters. The summed E-state index contributed by atoms with van der Waals surface area (Å²) in [5, 5.41) is 10.5. The molecule has 0 radical (unpaired) electrons. The standard InChI is InChI=1S/C24H27F3O6/c1-22(2)31-18-19(30-14-17-11-7-4-8-12-17)23(33-20(18)32-22,21(28)24(25,26)27)15-29-13-16-9-5-3-6-10-16/h3-12,18-21,28H,13-15H2,1-2H3/t18-,19+,20+,21-,23-/m1/s1. The molecule has 0 aromatic heterocycles. The number of ether oxygens (including phenoxy) is 5. The molecule has 2 aliphatic heterocycles. The molecule has 180 valence electrons. The van der Waals surface area contributed by atoms with Crippen molar-refractivity contribution in [3.63, 3.8) is 0 Å². The van der Waals surface area contributed by atoms with Gasteiger partial charge in [-0.25, -0.2) is 0 Å². The van der Waals surface area contributed by atoms with Crippen LogP contribution >= 0.6 is 0 Å². The fourth-order valence-corrected chi connectivity index (χ4v) is 4.21. The van der Waals surface area contributed by atoms with E-state index < -0.39 is 48.8 Å². The SMILES string of the molecule is CC1(C)O[C@H]2O[C@@](COCc3ccccc3)([C@@H](O)C(F)(F)F)[C@@H](OCc3ccccc3)[C@H]2O1. The van der Waals surface area contributed by atoms with E-state index >= 15 is 0 Å². The number of halogens is 3. The highest BCUT2D eigenvalue weighted by atomic mass is 19.4. The lowest BCUT2D eigenvalue weighted by molar-refractivity contribution is -0.321. The highest BCUT2D eigenvalue weighted by Crippen LogP contribution is 2.48. The fraction of sp³-hybridized carbons (Fsp3) is 0.500. The third-order valence-electron chi connectivity index (χ3n) is 5.69. The molecule has 2 aromatic rings. The van der Waals surface area contributed by atoms with Gasteiger partial charge in [0.2, 0.25) is 0 Å². The van der Waals surface area contributed by atoms with Gasteiger partial charge in [-0.05, 0) is 25.0 Å². The second-order valence-corrected chi connectivity index (χ2v) is 8.68. The Morgan fingerprint density at radius 1 is 0.909 bits per heavy atom. The first-order valence-electron chi connectivity index (χ1n) is 10.7. The fourth-order valence-electron chi connectivity index (χ4n) is 4.21. The number of aliphatic hydroxyl groups excluding tert-OH is 1. The third kappa shape index (κ3) is 5.24. The first-order chi connectivity index (χ1) is 15.6. The molecule has 6 nitrogen and oxygen atoms in total. The van der Waals surface area contributed by atoms with Crippen molar-refractivity contribution in [1.29, 1.82) is 0 Å². The van der Waals surface area contributed by atoms with Gasteiger partial charge in [-0.2, -0.15) is 13.2 Å². The minimum atomic E-state index is -4.99. The van der Waals surface area contributed by atoms with Gasteiger partial charge in [-0.3, -0.25) is 0 Å². The van der Waals surface area contributed by atoms with Crippen LogP contribution in [0.2, 0.25) is 0 Å². The number of benzene rings is 2. The highest BCUT2D eigenvalue weighted by molar-refractivity contribution is 5.16. The van der Waals surface area contributed by atoms with Crippen molar-refractivity contribution >= 4 is 0 Å². The van der Waals surface area contributed by atoms with E-state index in [-0.39, 0.29) is 13.2 Å². The van der Waals surface area contributed by atoms with Crippen LogP contribution in [0.15, 0.2) is 60.7 Å². The summed E-state index contributed by atoms with van der Waals surface area (Å²) in [5.41, 5.74) is -0.768. The van der Waals surface area contributed by atoms with Crippen molar-refractivity contribution in [2.75, 3.05) is 6.61 Å². The van der Waals surface area contributed by atoms with E-state index in [1.54, 1.807) is 62.4 Å². The molecule has 0 saturated carbocycles. The van der Waals surface area contributed by atoms with E-state index in [0.29, 0.717) is 0 Å². The molecule has 2 aromatic carbocycles. The molecule has 2 fully saturated rings. The molecular formula is C24H27F3O6. The van der Waals surface area contributed by atoms with Crippen LogP contribution < -0.4 is 0 Å². The number of rotatable bonds is 8. The van der Waals surface area contributed by atoms with Crippen LogP contribution in [-0.2, 0) is 36.9 Å². The van der Waals surface area contributed by atoms with Crippen molar-refractivity contribution in [1.82, 2.24) is 0 Å². The minimum absolute atomic E-state index is 0.00706. The van der Waals surface area contributed by atoms with Crippen LogP contribution in [0, 0.1) is 0 Å². The van der Waals surface area contributed by atoms with Crippen molar-refractivity contribution in [2.24, 2.45) is 0 Å². The highest BCUT2D eigenvalue weighted by Gasteiger charge is 2.69. The maximum atomic E-state index is 13.8. The van der Waals surface area contributed by atoms with Crippen molar-refractivity contribution in [3.05, 3.63) is 71.8 Å². The lowest BCUT2D eigenvalue weighted by atomic mass is 9.89. The third-order valence-corrected chi connectivity index (χ3v) is 5.69. The lowest BCUT2D eigenvalue weighted by Crippen LogP contribution is -2.62. The van der Waals surface area contributed by atoms with Gasteiger partial charge in [0.25, 0.3) is 0 Å². The van der Waals surface area contributed by atoms with Crippen molar-refractivity contribution in [3.8, 4) is 0 Å². The average molecular weight is 468 g/mol. The zero-order chi connectivity index (χ0) is 23.7. The zero-order valence-corrected chi connectivity index (χ0v) is 18.3. The first-order valence-corrected chi connectivity index (χ1v) is 10.7. The van der Waals surface area contributed by atoms with Gasteiger partial charge in [0.05, 0.1) is 19.8 Å². The van der Waals surface area contributed by atoms with Gasteiger partial charge in [0.1, 0.15) is 12.2 Å². The largest absolute Gasteiger partial charge is 0.417 e. The summed E-state index contributed by atoms with van der Waals surface area (Å²) >= 11 is 0. The zero-order valence-electron chi connectivity index (χ0n) is 18.3. The summed E-state index contributed by atoms with van der Waals surface area (Å²) in [4.78, 5) is 0. The first kappa shape index (κ1) is 24.1. The predicted octanol–water partition coefficient (Wildman–Crippen LogP) is 3.96. The summed E-state index contributed by atoms with van der Waals surface area (Å²) in [6.45, 7) is 2.72. The topological polar surface area (TPSA) is 66.4 Å². The van der Waals surface area contributed by atoms with Crippen LogP contribution in [0.5, 0.6) is 0 Å². The Kier molecular flexibility index (Phi) is 6.82. The molecule has 9 heteroatoms. The summed E-state index contributed by atoms with van der Waals surface area (Å²) in [7, 11) is 0. The molecular weight excluding hydrogens is 441 g/mol. The van der Waals surface area contributed by atoms with Crippen LogP contribution in [-0.4, -0.2) is 53.9 Å². The number of aliphatic hydroxyl groups is 1. The van der Waals surface area contributed by atoms with Gasteiger partial charge < -0.3 is 28.8 Å². The summed E-state index contributed by atoms with van der Waals surface area (Å²) < 4.78 is 70.4. The maximum absolute atomic E-state index is 13.8. The van der Waals surface area contributed by atoms with Crippen LogP contribution in [0.4, 0.5) is 13.2 Å². The average Bonchev–Trinajstić information content (AvgIpc) is 3.21. The minimum Gasteiger partial charge on any atom is -0.381 e. The molecule has 1 N–H and O–H groups in total. The van der Waals surface area contributed by atoms with E-state index in [0.717, 1.165) is 11.1 Å². The number of hydrogen-bond donors (Lipinski definition) is 1. The Morgan fingerprint density at radius 3 is 2.06 bits per heavy atom. The molecule has 0 aliphatic carbocycles. The van der Waals surface area contributed by atoms with Crippen LogP contribution in [0.1, 0.15) is 25.0 Å². The molecule has 2 saturated heterocycles. The molecule has 2 aliphatic rings. The quantitative estimate of drug-likeness (QED) is 0.633. The molecule has 4 rings (SSSR count). The lowest BCUT2D eigenvalue weighted by Gasteiger charge is -2.40. The predicted molar refractivity (Wildman–Crippen MR) is 111 cm³/mol. The van der Waals surface area contributed by atoms with E-state index in [1.807, 2.05) is 12.1 Å². The summed E-state index contributed by atoms with van der Waals surface area (Å²) in [5.74, 6) is -1.08. The smallest absolute Gasteiger partial charge is 0.381 e. The van der Waals surface area contributed by atoms with Gasteiger partial charge in [-0.15, -0.1) is 0 Å². The van der Waals surface area contributed by atoms with Crippen LogP contribution in [0.25, 0.3) is 0 Å². The van der Waals surface area contributed by atoms with Crippen LogP contribution in [0.3, 0.4) is 0 Å². The van der Waals surface area contributed by atoms with Gasteiger partial charge in [0, 0.05) is 0 Å². The summed E-state index contributed by atoms with van der Waals surface area (Å²) in [6.07, 6.45) is -11.3. The molecule has 2 heterocycles. The number of hydrogen-bond acceptors (Lipinski definition) is 6. The Morgan fingerprint density at radius 2 is 1.48 bits per heavy atom. The second-order valence-electron chi connectivity index (χ2n) is 8.68. The maximum Gasteiger partial charge on any atom is 0.417 e. The Labute approximate surface area is 190 Å². The molecule has 0 amide bonds. The molecule has 0 bridgehead atoms. The number of fused-ring (bicyclic) bond motifs is 1.